The van der Waals surface area contributed by atoms with E-state index in [4.69, 9.17) is 23.8 Å². The van der Waals surface area contributed by atoms with Gasteiger partial charge in [-0.3, -0.25) is 14.5 Å². The van der Waals surface area contributed by atoms with Gasteiger partial charge in [0.15, 0.2) is 0 Å². The molecule has 1 saturated heterocycles. The first kappa shape index (κ1) is 21.4. The molecule has 4 nitrogen and oxygen atoms in total. The number of rotatable bonds is 3. The van der Waals surface area contributed by atoms with Crippen molar-refractivity contribution in [2.75, 3.05) is 12.4 Å². The SMILES string of the molecule is CN1C(=O)C(=Cc2ccc(C(=O)Nc3ccc(Cl)c(C(F)(F)F)c3)cc2)SC1=S. The van der Waals surface area contributed by atoms with Crippen molar-refractivity contribution in [2.45, 2.75) is 6.18 Å². The lowest BCUT2D eigenvalue weighted by Crippen LogP contribution is -2.22. The first-order valence-electron chi connectivity index (χ1n) is 8.06. The Kier molecular flexibility index (Phi) is 6.02. The highest BCUT2D eigenvalue weighted by atomic mass is 35.5. The van der Waals surface area contributed by atoms with Gasteiger partial charge in [-0.2, -0.15) is 13.2 Å². The lowest BCUT2D eigenvalue weighted by molar-refractivity contribution is -0.137. The molecular weight excluding hydrogens is 445 g/mol. The van der Waals surface area contributed by atoms with Gasteiger partial charge in [0.25, 0.3) is 11.8 Å². The van der Waals surface area contributed by atoms with Crippen molar-refractivity contribution in [3.05, 3.63) is 69.1 Å². The summed E-state index contributed by atoms with van der Waals surface area (Å²) < 4.78 is 39.3. The minimum Gasteiger partial charge on any atom is -0.322 e. The summed E-state index contributed by atoms with van der Waals surface area (Å²) in [7, 11) is 1.59. The van der Waals surface area contributed by atoms with Crippen LogP contribution in [0.5, 0.6) is 0 Å². The van der Waals surface area contributed by atoms with Crippen LogP contribution < -0.4 is 5.32 Å². The largest absolute Gasteiger partial charge is 0.417 e. The number of alkyl halides is 3. The number of likely N-dealkylation sites (N-methyl/N-ethyl adjacent to an activating group) is 1. The summed E-state index contributed by atoms with van der Waals surface area (Å²) in [5, 5.41) is 1.97. The number of benzene rings is 2. The minimum atomic E-state index is -4.63. The van der Waals surface area contributed by atoms with E-state index >= 15 is 0 Å². The van der Waals surface area contributed by atoms with E-state index in [9.17, 15) is 22.8 Å². The third-order valence-electron chi connectivity index (χ3n) is 3.99. The number of nitrogens with zero attached hydrogens (tertiary/aromatic N) is 1. The summed E-state index contributed by atoms with van der Waals surface area (Å²) in [6, 6.07) is 9.41. The number of carbonyl (C=O) groups excluding carboxylic acids is 2. The number of nitrogens with one attached hydrogen (secondary N) is 1. The highest BCUT2D eigenvalue weighted by Crippen LogP contribution is 2.36. The molecule has 0 bridgehead atoms. The average molecular weight is 457 g/mol. The van der Waals surface area contributed by atoms with Crippen molar-refractivity contribution in [2.24, 2.45) is 0 Å². The Morgan fingerprint density at radius 3 is 2.41 bits per heavy atom. The maximum atomic E-state index is 12.9. The third-order valence-corrected chi connectivity index (χ3v) is 5.80. The standard InChI is InChI=1S/C19H12ClF3N2O2S2/c1-25-17(27)15(29-18(25)28)8-10-2-4-11(5-3-10)16(26)24-12-6-7-14(20)13(9-12)19(21,22)23/h2-9H,1H3,(H,24,26). The molecule has 0 aromatic heterocycles. The van der Waals surface area contributed by atoms with E-state index in [1.165, 1.54) is 34.9 Å². The van der Waals surface area contributed by atoms with Gasteiger partial charge in [0, 0.05) is 18.3 Å². The molecule has 0 saturated carbocycles. The monoisotopic (exact) mass is 456 g/mol. The summed E-state index contributed by atoms with van der Waals surface area (Å²) in [6.07, 6.45) is -2.97. The molecule has 3 rings (SSSR count). The molecule has 2 amide bonds. The number of hydrogen-bond donors (Lipinski definition) is 1. The molecule has 29 heavy (non-hydrogen) atoms. The van der Waals surface area contributed by atoms with Crippen LogP contribution in [-0.2, 0) is 11.0 Å². The van der Waals surface area contributed by atoms with Gasteiger partial charge < -0.3 is 5.32 Å². The Hall–Kier alpha value is -2.36. The molecule has 0 radical (unpaired) electrons. The Bertz CT molecular complexity index is 1040. The van der Waals surface area contributed by atoms with Gasteiger partial charge >= 0.3 is 6.18 Å². The van der Waals surface area contributed by atoms with E-state index in [0.717, 1.165) is 12.1 Å². The Labute approximate surface area is 178 Å². The van der Waals surface area contributed by atoms with E-state index < -0.39 is 22.7 Å². The van der Waals surface area contributed by atoms with Crippen LogP contribution in [0.25, 0.3) is 6.08 Å². The van der Waals surface area contributed by atoms with E-state index in [2.05, 4.69) is 5.32 Å². The number of thioether (sulfide) groups is 1. The zero-order chi connectivity index (χ0) is 21.3. The van der Waals surface area contributed by atoms with Crippen molar-refractivity contribution >= 4 is 63.5 Å². The van der Waals surface area contributed by atoms with E-state index in [1.807, 2.05) is 0 Å². The van der Waals surface area contributed by atoms with Crippen molar-refractivity contribution < 1.29 is 22.8 Å². The highest BCUT2D eigenvalue weighted by Gasteiger charge is 2.33. The second-order valence-electron chi connectivity index (χ2n) is 6.01. The normalized spacial score (nSPS) is 15.9. The summed E-state index contributed by atoms with van der Waals surface area (Å²) >= 11 is 11.8. The van der Waals surface area contributed by atoms with Gasteiger partial charge in [0.05, 0.1) is 15.5 Å². The first-order valence-corrected chi connectivity index (χ1v) is 9.66. The van der Waals surface area contributed by atoms with Crippen LogP contribution in [0.4, 0.5) is 18.9 Å². The third kappa shape index (κ3) is 4.80. The molecular formula is C19H12ClF3N2O2S2. The molecule has 0 atom stereocenters. The van der Waals surface area contributed by atoms with Gasteiger partial charge in [-0.15, -0.1) is 0 Å². The first-order chi connectivity index (χ1) is 13.6. The number of carbonyl (C=O) groups is 2. The Morgan fingerprint density at radius 1 is 1.21 bits per heavy atom. The fourth-order valence-electron chi connectivity index (χ4n) is 2.45. The number of halogens is 4. The maximum absolute atomic E-state index is 12.9. The van der Waals surface area contributed by atoms with E-state index in [-0.39, 0.29) is 17.2 Å². The molecule has 2 aromatic rings. The molecule has 1 aliphatic rings. The van der Waals surface area contributed by atoms with Gasteiger partial charge in [0.2, 0.25) is 0 Å². The molecule has 1 fully saturated rings. The molecule has 10 heteroatoms. The summed E-state index contributed by atoms with van der Waals surface area (Å²) in [6.45, 7) is 0. The molecule has 1 heterocycles. The van der Waals surface area contributed by atoms with Crippen LogP contribution in [-0.4, -0.2) is 28.1 Å². The zero-order valence-electron chi connectivity index (χ0n) is 14.7. The predicted molar refractivity (Wildman–Crippen MR) is 112 cm³/mol. The van der Waals surface area contributed by atoms with Gasteiger partial charge in [0.1, 0.15) is 4.32 Å². The Morgan fingerprint density at radius 2 is 1.86 bits per heavy atom. The summed E-state index contributed by atoms with van der Waals surface area (Å²) in [5.41, 5.74) is -0.127. The predicted octanol–water partition coefficient (Wildman–Crippen LogP) is 5.44. The number of amides is 2. The maximum Gasteiger partial charge on any atom is 0.417 e. The number of anilines is 1. The smallest absolute Gasteiger partial charge is 0.322 e. The van der Waals surface area contributed by atoms with Gasteiger partial charge in [-0.25, -0.2) is 0 Å². The van der Waals surface area contributed by atoms with Crippen molar-refractivity contribution in [3.8, 4) is 0 Å². The van der Waals surface area contributed by atoms with Crippen LogP contribution in [0.15, 0.2) is 47.4 Å². The number of hydrogen-bond acceptors (Lipinski definition) is 4. The average Bonchev–Trinajstić information content (AvgIpc) is 2.89. The molecule has 2 aromatic carbocycles. The number of thiocarbonyl (C=S) groups is 1. The van der Waals surface area contributed by atoms with Crippen LogP contribution >= 0.6 is 35.6 Å². The van der Waals surface area contributed by atoms with E-state index in [1.54, 1.807) is 25.3 Å². The lowest BCUT2D eigenvalue weighted by atomic mass is 10.1. The van der Waals surface area contributed by atoms with Gasteiger partial charge in [-0.05, 0) is 42.0 Å². The molecule has 1 aliphatic heterocycles. The van der Waals surface area contributed by atoms with Crippen molar-refractivity contribution in [1.82, 2.24) is 4.90 Å². The van der Waals surface area contributed by atoms with Gasteiger partial charge in [-0.1, -0.05) is 47.7 Å². The molecule has 0 unspecified atom stereocenters. The molecule has 150 valence electrons. The van der Waals surface area contributed by atoms with E-state index in [0.29, 0.717) is 14.8 Å². The quantitative estimate of drug-likeness (QED) is 0.493. The van der Waals surface area contributed by atoms with Crippen LogP contribution in [0.1, 0.15) is 21.5 Å². The van der Waals surface area contributed by atoms with Crippen molar-refractivity contribution in [3.63, 3.8) is 0 Å². The second-order valence-corrected chi connectivity index (χ2v) is 8.09. The topological polar surface area (TPSA) is 49.4 Å². The molecule has 0 aliphatic carbocycles. The highest BCUT2D eigenvalue weighted by molar-refractivity contribution is 8.26. The van der Waals surface area contributed by atoms with Crippen LogP contribution in [0.2, 0.25) is 5.02 Å². The Balaban J connectivity index is 1.75. The molecule has 1 N–H and O–H groups in total. The summed E-state index contributed by atoms with van der Waals surface area (Å²) in [5.74, 6) is -0.781. The fourth-order valence-corrected chi connectivity index (χ4v) is 3.86. The zero-order valence-corrected chi connectivity index (χ0v) is 17.1. The fraction of sp³-hybridized carbons (Fsp3) is 0.105. The summed E-state index contributed by atoms with van der Waals surface area (Å²) in [4.78, 5) is 26.2. The van der Waals surface area contributed by atoms with Crippen LogP contribution in [0, 0.1) is 0 Å². The van der Waals surface area contributed by atoms with Crippen molar-refractivity contribution in [1.29, 1.82) is 0 Å². The second kappa shape index (κ2) is 8.17. The van der Waals surface area contributed by atoms with Crippen LogP contribution in [0.3, 0.4) is 0 Å². The minimum absolute atomic E-state index is 0.0255. The lowest BCUT2D eigenvalue weighted by Gasteiger charge is -2.12. The molecule has 0 spiro atoms.